The summed E-state index contributed by atoms with van der Waals surface area (Å²) in [4.78, 5) is 22.3. The molecule has 0 fully saturated rings. The van der Waals surface area contributed by atoms with Gasteiger partial charge in [-0.25, -0.2) is 0 Å². The van der Waals surface area contributed by atoms with Crippen LogP contribution in [0, 0.1) is 0 Å². The zero-order valence-corrected chi connectivity index (χ0v) is 9.80. The first kappa shape index (κ1) is 13.2. The molecule has 7 heteroatoms. The molecule has 17 heavy (non-hydrogen) atoms. The molecule has 1 aromatic rings. The Kier molecular flexibility index (Phi) is 4.22. The number of rotatable bonds is 5. The molecular formula is C10H16N4O3. The minimum absolute atomic E-state index is 0.208. The van der Waals surface area contributed by atoms with Crippen LogP contribution in [0.4, 0.5) is 0 Å². The fraction of sp³-hybridized carbons (Fsp3) is 0.500. The largest absolute Gasteiger partial charge is 0.381 e. The molecular weight excluding hydrogens is 224 g/mol. The Labute approximate surface area is 98.6 Å². The molecule has 1 atom stereocenters. The van der Waals surface area contributed by atoms with Crippen LogP contribution < -0.4 is 11.1 Å². The number of amides is 2. The van der Waals surface area contributed by atoms with Crippen molar-refractivity contribution < 1.29 is 14.7 Å². The molecule has 0 aromatic carbocycles. The number of aryl methyl sites for hydroxylation is 2. The Morgan fingerprint density at radius 1 is 1.65 bits per heavy atom. The average Bonchev–Trinajstić information content (AvgIpc) is 2.66. The van der Waals surface area contributed by atoms with Crippen molar-refractivity contribution in [1.29, 1.82) is 0 Å². The number of aliphatic hydroxyl groups excluding tert-OH is 1. The maximum Gasteiger partial charge on any atom is 0.269 e. The number of primary amides is 1. The molecule has 2 amide bonds. The van der Waals surface area contributed by atoms with E-state index in [2.05, 4.69) is 10.4 Å². The highest BCUT2D eigenvalue weighted by Gasteiger charge is 2.16. The molecule has 0 saturated carbocycles. The van der Waals surface area contributed by atoms with Gasteiger partial charge < -0.3 is 16.2 Å². The van der Waals surface area contributed by atoms with Crippen LogP contribution in [0.15, 0.2) is 6.07 Å². The van der Waals surface area contributed by atoms with E-state index in [4.69, 9.17) is 10.8 Å². The molecule has 0 radical (unpaired) electrons. The topological polar surface area (TPSA) is 110 Å². The number of aromatic nitrogens is 2. The second-order valence-corrected chi connectivity index (χ2v) is 3.63. The number of hydrogen-bond acceptors (Lipinski definition) is 4. The van der Waals surface area contributed by atoms with Crippen molar-refractivity contribution in [2.24, 2.45) is 12.8 Å². The SMILES string of the molecule is CCc1cc(C(=O)NCC(O)C(N)=O)n(C)n1. The number of nitrogens with zero attached hydrogens (tertiary/aromatic N) is 2. The van der Waals surface area contributed by atoms with Gasteiger partial charge in [-0.15, -0.1) is 0 Å². The second-order valence-electron chi connectivity index (χ2n) is 3.63. The summed E-state index contributed by atoms with van der Waals surface area (Å²) in [6, 6.07) is 1.66. The number of hydrogen-bond donors (Lipinski definition) is 3. The summed E-state index contributed by atoms with van der Waals surface area (Å²) in [6.45, 7) is 1.72. The third-order valence-corrected chi connectivity index (χ3v) is 2.31. The summed E-state index contributed by atoms with van der Waals surface area (Å²) >= 11 is 0. The van der Waals surface area contributed by atoms with Crippen LogP contribution in [0.5, 0.6) is 0 Å². The normalized spacial score (nSPS) is 12.2. The van der Waals surface area contributed by atoms with Crippen LogP contribution in [0.3, 0.4) is 0 Å². The van der Waals surface area contributed by atoms with E-state index in [9.17, 15) is 9.59 Å². The van der Waals surface area contributed by atoms with Crippen molar-refractivity contribution in [3.05, 3.63) is 17.5 Å². The first-order valence-electron chi connectivity index (χ1n) is 5.24. The van der Waals surface area contributed by atoms with E-state index in [1.54, 1.807) is 13.1 Å². The van der Waals surface area contributed by atoms with Gasteiger partial charge in [-0.05, 0) is 12.5 Å². The molecule has 1 unspecified atom stereocenters. The van der Waals surface area contributed by atoms with Gasteiger partial charge in [-0.3, -0.25) is 14.3 Å². The van der Waals surface area contributed by atoms with Gasteiger partial charge in [0.2, 0.25) is 5.91 Å². The minimum Gasteiger partial charge on any atom is -0.381 e. The molecule has 0 aliphatic carbocycles. The zero-order valence-electron chi connectivity index (χ0n) is 9.80. The molecule has 1 aromatic heterocycles. The fourth-order valence-corrected chi connectivity index (χ4v) is 1.29. The van der Waals surface area contributed by atoms with Crippen molar-refractivity contribution in [2.45, 2.75) is 19.4 Å². The van der Waals surface area contributed by atoms with Crippen LogP contribution in [-0.4, -0.2) is 39.4 Å². The lowest BCUT2D eigenvalue weighted by Gasteiger charge is -2.08. The van der Waals surface area contributed by atoms with Crippen molar-refractivity contribution in [2.75, 3.05) is 6.54 Å². The predicted molar refractivity (Wildman–Crippen MR) is 60.1 cm³/mol. The lowest BCUT2D eigenvalue weighted by atomic mass is 10.3. The molecule has 7 nitrogen and oxygen atoms in total. The molecule has 0 bridgehead atoms. The highest BCUT2D eigenvalue weighted by molar-refractivity contribution is 5.93. The van der Waals surface area contributed by atoms with E-state index in [0.717, 1.165) is 12.1 Å². The van der Waals surface area contributed by atoms with Crippen molar-refractivity contribution in [1.82, 2.24) is 15.1 Å². The molecule has 1 rings (SSSR count). The third kappa shape index (κ3) is 3.28. The maximum atomic E-state index is 11.7. The predicted octanol–water partition coefficient (Wildman–Crippen LogP) is -1.44. The quantitative estimate of drug-likeness (QED) is 0.585. The second kappa shape index (κ2) is 5.44. The van der Waals surface area contributed by atoms with E-state index < -0.39 is 17.9 Å². The van der Waals surface area contributed by atoms with Crippen LogP contribution in [0.1, 0.15) is 23.1 Å². The number of carbonyl (C=O) groups excluding carboxylic acids is 2. The summed E-state index contributed by atoms with van der Waals surface area (Å²) in [5.74, 6) is -1.27. The summed E-state index contributed by atoms with van der Waals surface area (Å²) in [5, 5.41) is 15.7. The Morgan fingerprint density at radius 2 is 2.29 bits per heavy atom. The van der Waals surface area contributed by atoms with E-state index in [-0.39, 0.29) is 6.54 Å². The smallest absolute Gasteiger partial charge is 0.269 e. The number of nitrogens with two attached hydrogens (primary N) is 1. The Bertz CT molecular complexity index is 427. The third-order valence-electron chi connectivity index (χ3n) is 2.31. The molecule has 0 spiro atoms. The average molecular weight is 240 g/mol. The Balaban J connectivity index is 2.63. The molecule has 1 heterocycles. The van der Waals surface area contributed by atoms with Gasteiger partial charge in [-0.1, -0.05) is 6.92 Å². The van der Waals surface area contributed by atoms with Gasteiger partial charge in [0.15, 0.2) is 0 Å². The van der Waals surface area contributed by atoms with Crippen LogP contribution in [0.25, 0.3) is 0 Å². The molecule has 94 valence electrons. The van der Waals surface area contributed by atoms with Gasteiger partial charge in [0.05, 0.1) is 12.2 Å². The van der Waals surface area contributed by atoms with Crippen LogP contribution in [0.2, 0.25) is 0 Å². The maximum absolute atomic E-state index is 11.7. The van der Waals surface area contributed by atoms with Gasteiger partial charge in [0.1, 0.15) is 11.8 Å². The number of carbonyl (C=O) groups is 2. The summed E-state index contributed by atoms with van der Waals surface area (Å²) < 4.78 is 1.45. The van der Waals surface area contributed by atoms with Gasteiger partial charge in [-0.2, -0.15) is 5.10 Å². The lowest BCUT2D eigenvalue weighted by Crippen LogP contribution is -2.40. The number of aliphatic hydroxyl groups is 1. The van der Waals surface area contributed by atoms with E-state index in [0.29, 0.717) is 5.69 Å². The van der Waals surface area contributed by atoms with E-state index in [1.165, 1.54) is 4.68 Å². The zero-order chi connectivity index (χ0) is 13.0. The highest BCUT2D eigenvalue weighted by Crippen LogP contribution is 2.03. The number of nitrogens with one attached hydrogen (secondary N) is 1. The van der Waals surface area contributed by atoms with Crippen LogP contribution >= 0.6 is 0 Å². The first-order valence-corrected chi connectivity index (χ1v) is 5.24. The summed E-state index contributed by atoms with van der Waals surface area (Å²) in [7, 11) is 1.65. The van der Waals surface area contributed by atoms with Crippen molar-refractivity contribution in [3.63, 3.8) is 0 Å². The fourth-order valence-electron chi connectivity index (χ4n) is 1.29. The summed E-state index contributed by atoms with van der Waals surface area (Å²) in [6.07, 6.45) is -0.650. The molecule has 0 aliphatic heterocycles. The minimum atomic E-state index is -1.38. The van der Waals surface area contributed by atoms with Gasteiger partial charge in [0.25, 0.3) is 5.91 Å². The Morgan fingerprint density at radius 3 is 2.76 bits per heavy atom. The summed E-state index contributed by atoms with van der Waals surface area (Å²) in [5.41, 5.74) is 6.03. The Hall–Kier alpha value is -1.89. The lowest BCUT2D eigenvalue weighted by molar-refractivity contribution is -0.125. The van der Waals surface area contributed by atoms with Crippen LogP contribution in [-0.2, 0) is 18.3 Å². The molecule has 0 aliphatic rings. The van der Waals surface area contributed by atoms with Crippen molar-refractivity contribution in [3.8, 4) is 0 Å². The van der Waals surface area contributed by atoms with E-state index in [1.807, 2.05) is 6.92 Å². The van der Waals surface area contributed by atoms with Gasteiger partial charge >= 0.3 is 0 Å². The standard InChI is InChI=1S/C10H16N4O3/c1-3-6-4-7(14(2)13-6)10(17)12-5-8(15)9(11)16/h4,8,15H,3,5H2,1-2H3,(H2,11,16)(H,12,17). The molecule has 0 saturated heterocycles. The first-order chi connectivity index (χ1) is 7.95. The van der Waals surface area contributed by atoms with E-state index >= 15 is 0 Å². The van der Waals surface area contributed by atoms with Crippen molar-refractivity contribution >= 4 is 11.8 Å². The monoisotopic (exact) mass is 240 g/mol. The molecule has 4 N–H and O–H groups in total. The highest BCUT2D eigenvalue weighted by atomic mass is 16.3. The van der Waals surface area contributed by atoms with Gasteiger partial charge in [0, 0.05) is 7.05 Å².